The van der Waals surface area contributed by atoms with Crippen molar-refractivity contribution in [2.45, 2.75) is 6.42 Å². The molecule has 0 unspecified atom stereocenters. The maximum Gasteiger partial charge on any atom is 0.226 e. The SMILES string of the molecule is CN(C)c1nccc(NCCCO)n1. The lowest BCUT2D eigenvalue weighted by molar-refractivity contribution is 0.292. The van der Waals surface area contributed by atoms with Gasteiger partial charge < -0.3 is 15.3 Å². The Kier molecular flexibility index (Phi) is 4.12. The second-order valence-electron chi connectivity index (χ2n) is 3.14. The first-order chi connectivity index (χ1) is 6.74. The van der Waals surface area contributed by atoms with Crippen LogP contribution in [0.1, 0.15) is 6.42 Å². The summed E-state index contributed by atoms with van der Waals surface area (Å²) in [7, 11) is 3.79. The van der Waals surface area contributed by atoms with Crippen molar-refractivity contribution >= 4 is 11.8 Å². The van der Waals surface area contributed by atoms with E-state index in [1.54, 1.807) is 6.20 Å². The zero-order valence-corrected chi connectivity index (χ0v) is 8.56. The van der Waals surface area contributed by atoms with Gasteiger partial charge in [0.15, 0.2) is 0 Å². The van der Waals surface area contributed by atoms with Crippen LogP contribution in [0.5, 0.6) is 0 Å². The van der Waals surface area contributed by atoms with Crippen LogP contribution in [0.4, 0.5) is 11.8 Å². The van der Waals surface area contributed by atoms with E-state index in [1.807, 2.05) is 25.1 Å². The molecule has 0 bridgehead atoms. The van der Waals surface area contributed by atoms with E-state index in [2.05, 4.69) is 15.3 Å². The minimum absolute atomic E-state index is 0.193. The van der Waals surface area contributed by atoms with E-state index in [9.17, 15) is 0 Å². The van der Waals surface area contributed by atoms with Crippen molar-refractivity contribution in [3.8, 4) is 0 Å². The molecule has 5 heteroatoms. The molecule has 5 nitrogen and oxygen atoms in total. The van der Waals surface area contributed by atoms with Crippen molar-refractivity contribution in [2.75, 3.05) is 37.5 Å². The van der Waals surface area contributed by atoms with Gasteiger partial charge in [-0.2, -0.15) is 4.98 Å². The monoisotopic (exact) mass is 196 g/mol. The number of hydrogen-bond donors (Lipinski definition) is 2. The van der Waals surface area contributed by atoms with Gasteiger partial charge in [0, 0.05) is 33.4 Å². The molecule has 0 aliphatic rings. The van der Waals surface area contributed by atoms with E-state index >= 15 is 0 Å². The molecule has 1 heterocycles. The van der Waals surface area contributed by atoms with Crippen molar-refractivity contribution in [1.82, 2.24) is 9.97 Å². The van der Waals surface area contributed by atoms with Gasteiger partial charge in [-0.3, -0.25) is 0 Å². The summed E-state index contributed by atoms with van der Waals surface area (Å²) in [6.07, 6.45) is 2.44. The Morgan fingerprint density at radius 1 is 1.50 bits per heavy atom. The van der Waals surface area contributed by atoms with Crippen LogP contribution in [-0.2, 0) is 0 Å². The van der Waals surface area contributed by atoms with Crippen LogP contribution in [-0.4, -0.2) is 42.3 Å². The molecule has 0 atom stereocenters. The molecule has 0 saturated heterocycles. The topological polar surface area (TPSA) is 61.3 Å². The van der Waals surface area contributed by atoms with Gasteiger partial charge in [0.05, 0.1) is 0 Å². The number of nitrogens with one attached hydrogen (secondary N) is 1. The average Bonchev–Trinajstić information content (AvgIpc) is 2.19. The van der Waals surface area contributed by atoms with E-state index < -0.39 is 0 Å². The highest BCUT2D eigenvalue weighted by atomic mass is 16.3. The lowest BCUT2D eigenvalue weighted by atomic mass is 10.4. The molecule has 0 saturated carbocycles. The number of rotatable bonds is 5. The van der Waals surface area contributed by atoms with Gasteiger partial charge in [-0.1, -0.05) is 0 Å². The number of aromatic nitrogens is 2. The lowest BCUT2D eigenvalue weighted by Crippen LogP contribution is -2.14. The first kappa shape index (κ1) is 10.7. The van der Waals surface area contributed by atoms with Gasteiger partial charge in [0.25, 0.3) is 0 Å². The van der Waals surface area contributed by atoms with Gasteiger partial charge in [0.1, 0.15) is 5.82 Å². The molecule has 2 N–H and O–H groups in total. The Morgan fingerprint density at radius 3 is 2.93 bits per heavy atom. The number of hydrogen-bond acceptors (Lipinski definition) is 5. The zero-order valence-electron chi connectivity index (χ0n) is 8.56. The van der Waals surface area contributed by atoms with Crippen molar-refractivity contribution in [3.63, 3.8) is 0 Å². The predicted octanol–water partition coefficient (Wildman–Crippen LogP) is 0.337. The fraction of sp³-hybridized carbons (Fsp3) is 0.556. The van der Waals surface area contributed by atoms with E-state index in [1.165, 1.54) is 0 Å². The Balaban J connectivity index is 2.55. The molecule has 0 aliphatic carbocycles. The summed E-state index contributed by atoms with van der Waals surface area (Å²) in [5, 5.41) is 11.7. The maximum atomic E-state index is 8.61. The van der Waals surface area contributed by atoms with E-state index in [0.717, 1.165) is 18.8 Å². The summed E-state index contributed by atoms with van der Waals surface area (Å²) >= 11 is 0. The van der Waals surface area contributed by atoms with Crippen LogP contribution in [0, 0.1) is 0 Å². The van der Waals surface area contributed by atoms with Crippen LogP contribution in [0.2, 0.25) is 0 Å². The van der Waals surface area contributed by atoms with Crippen LogP contribution < -0.4 is 10.2 Å². The second-order valence-corrected chi connectivity index (χ2v) is 3.14. The zero-order chi connectivity index (χ0) is 10.4. The van der Waals surface area contributed by atoms with E-state index in [-0.39, 0.29) is 6.61 Å². The van der Waals surface area contributed by atoms with Gasteiger partial charge in [-0.05, 0) is 12.5 Å². The molecule has 0 radical (unpaired) electrons. The summed E-state index contributed by atoms with van der Waals surface area (Å²) in [6.45, 7) is 0.916. The van der Waals surface area contributed by atoms with Crippen molar-refractivity contribution in [2.24, 2.45) is 0 Å². The number of nitrogens with zero attached hydrogens (tertiary/aromatic N) is 3. The number of aliphatic hydroxyl groups is 1. The highest BCUT2D eigenvalue weighted by molar-refractivity contribution is 5.40. The summed E-state index contributed by atoms with van der Waals surface area (Å²) in [4.78, 5) is 10.2. The molecule has 0 spiro atoms. The third-order valence-electron chi connectivity index (χ3n) is 1.68. The van der Waals surface area contributed by atoms with Gasteiger partial charge >= 0.3 is 0 Å². The summed E-state index contributed by atoms with van der Waals surface area (Å²) in [5.74, 6) is 1.47. The summed E-state index contributed by atoms with van der Waals surface area (Å²) in [5.41, 5.74) is 0. The highest BCUT2D eigenvalue weighted by Gasteiger charge is 1.99. The van der Waals surface area contributed by atoms with Crippen LogP contribution in [0.25, 0.3) is 0 Å². The van der Waals surface area contributed by atoms with Crippen molar-refractivity contribution in [3.05, 3.63) is 12.3 Å². The molecule has 1 rings (SSSR count). The standard InChI is InChI=1S/C9H16N4O/c1-13(2)9-11-6-4-8(12-9)10-5-3-7-14/h4,6,14H,3,5,7H2,1-2H3,(H,10,11,12). The predicted molar refractivity (Wildman–Crippen MR) is 56.6 cm³/mol. The molecular formula is C9H16N4O. The summed E-state index contributed by atoms with van der Waals surface area (Å²) in [6, 6.07) is 1.81. The molecule has 0 aromatic carbocycles. The molecule has 0 fully saturated rings. The molecule has 0 amide bonds. The normalized spacial score (nSPS) is 9.93. The highest BCUT2D eigenvalue weighted by Crippen LogP contribution is 2.07. The summed E-state index contributed by atoms with van der Waals surface area (Å²) < 4.78 is 0. The van der Waals surface area contributed by atoms with E-state index in [0.29, 0.717) is 5.95 Å². The van der Waals surface area contributed by atoms with Crippen LogP contribution in [0.15, 0.2) is 12.3 Å². The molecule has 78 valence electrons. The third kappa shape index (κ3) is 3.18. The fourth-order valence-electron chi connectivity index (χ4n) is 0.958. The lowest BCUT2D eigenvalue weighted by Gasteiger charge is -2.11. The number of anilines is 2. The largest absolute Gasteiger partial charge is 0.396 e. The number of aliphatic hydroxyl groups excluding tert-OH is 1. The third-order valence-corrected chi connectivity index (χ3v) is 1.68. The van der Waals surface area contributed by atoms with Crippen molar-refractivity contribution in [1.29, 1.82) is 0 Å². The van der Waals surface area contributed by atoms with Crippen LogP contribution >= 0.6 is 0 Å². The fourth-order valence-corrected chi connectivity index (χ4v) is 0.958. The van der Waals surface area contributed by atoms with Gasteiger partial charge in [0.2, 0.25) is 5.95 Å². The Bertz CT molecular complexity index is 277. The average molecular weight is 196 g/mol. The Hall–Kier alpha value is -1.36. The van der Waals surface area contributed by atoms with Crippen LogP contribution in [0.3, 0.4) is 0 Å². The second kappa shape index (κ2) is 5.39. The first-order valence-corrected chi connectivity index (χ1v) is 4.59. The smallest absolute Gasteiger partial charge is 0.226 e. The van der Waals surface area contributed by atoms with E-state index in [4.69, 9.17) is 5.11 Å². The first-order valence-electron chi connectivity index (χ1n) is 4.59. The van der Waals surface area contributed by atoms with Crippen molar-refractivity contribution < 1.29 is 5.11 Å². The quantitative estimate of drug-likeness (QED) is 0.665. The Labute approximate surface area is 83.8 Å². The molecule has 14 heavy (non-hydrogen) atoms. The van der Waals surface area contributed by atoms with Gasteiger partial charge in [-0.25, -0.2) is 4.98 Å². The van der Waals surface area contributed by atoms with Gasteiger partial charge in [-0.15, -0.1) is 0 Å². The maximum absolute atomic E-state index is 8.61. The molecule has 1 aromatic heterocycles. The Morgan fingerprint density at radius 2 is 2.29 bits per heavy atom. The molecular weight excluding hydrogens is 180 g/mol. The minimum atomic E-state index is 0.193. The molecule has 0 aliphatic heterocycles. The minimum Gasteiger partial charge on any atom is -0.396 e. The molecule has 1 aromatic rings.